The minimum atomic E-state index is -4.70. The summed E-state index contributed by atoms with van der Waals surface area (Å²) >= 11 is 0. The molecule has 1 aromatic heterocycles. The monoisotopic (exact) mass is 329 g/mol. The van der Waals surface area contributed by atoms with Crippen molar-refractivity contribution in [3.8, 4) is 11.4 Å². The molecule has 0 aliphatic rings. The van der Waals surface area contributed by atoms with Crippen LogP contribution in [-0.4, -0.2) is 33.8 Å². The van der Waals surface area contributed by atoms with Crippen LogP contribution < -0.4 is 5.32 Å². The highest BCUT2D eigenvalue weighted by atomic mass is 19.4. The third kappa shape index (κ3) is 4.28. The molecule has 0 spiro atoms. The first kappa shape index (κ1) is 16.9. The van der Waals surface area contributed by atoms with E-state index in [1.165, 1.54) is 24.3 Å². The van der Waals surface area contributed by atoms with Crippen LogP contribution in [0.25, 0.3) is 11.4 Å². The van der Waals surface area contributed by atoms with Gasteiger partial charge in [-0.25, -0.2) is 0 Å². The fraction of sp³-hybridized carbons (Fsp3) is 0.357. The van der Waals surface area contributed by atoms with Crippen LogP contribution in [0.3, 0.4) is 0 Å². The molecule has 1 atom stereocenters. The van der Waals surface area contributed by atoms with E-state index < -0.39 is 24.1 Å². The predicted molar refractivity (Wildman–Crippen MR) is 73.4 cm³/mol. The third-order valence-electron chi connectivity index (χ3n) is 3.04. The third-order valence-corrected chi connectivity index (χ3v) is 3.04. The van der Waals surface area contributed by atoms with Crippen LogP contribution in [0.2, 0.25) is 0 Å². The highest BCUT2D eigenvalue weighted by Gasteiger charge is 2.38. The summed E-state index contributed by atoms with van der Waals surface area (Å²) < 4.78 is 41.3. The van der Waals surface area contributed by atoms with Crippen molar-refractivity contribution in [3.63, 3.8) is 0 Å². The van der Waals surface area contributed by atoms with Crippen LogP contribution in [0, 0.1) is 0 Å². The molecule has 0 radical (unpaired) electrons. The van der Waals surface area contributed by atoms with Gasteiger partial charge in [-0.3, -0.25) is 4.79 Å². The van der Waals surface area contributed by atoms with Crippen LogP contribution in [0.15, 0.2) is 28.8 Å². The van der Waals surface area contributed by atoms with E-state index in [0.29, 0.717) is 12.0 Å². The molecule has 2 rings (SSSR count). The molecule has 23 heavy (non-hydrogen) atoms. The molecule has 0 saturated heterocycles. The number of nitrogens with one attached hydrogen (secondary N) is 1. The van der Waals surface area contributed by atoms with Gasteiger partial charge in [0.15, 0.2) is 0 Å². The SMILES string of the molecule is CCC(O)CNC(=O)c1ccc(-c2noc(C(F)(F)F)n2)cc1. The number of carbonyl (C=O) groups is 1. The summed E-state index contributed by atoms with van der Waals surface area (Å²) in [7, 11) is 0. The van der Waals surface area contributed by atoms with E-state index in [4.69, 9.17) is 0 Å². The van der Waals surface area contributed by atoms with Gasteiger partial charge < -0.3 is 14.9 Å². The van der Waals surface area contributed by atoms with Crippen molar-refractivity contribution in [2.75, 3.05) is 6.54 Å². The summed E-state index contributed by atoms with van der Waals surface area (Å²) in [5.41, 5.74) is 0.589. The van der Waals surface area contributed by atoms with Crippen molar-refractivity contribution in [2.45, 2.75) is 25.6 Å². The number of aliphatic hydroxyl groups excluding tert-OH is 1. The second kappa shape index (κ2) is 6.78. The maximum atomic E-state index is 12.4. The topological polar surface area (TPSA) is 88.2 Å². The van der Waals surface area contributed by atoms with Crippen LogP contribution in [0.4, 0.5) is 13.2 Å². The van der Waals surface area contributed by atoms with E-state index >= 15 is 0 Å². The summed E-state index contributed by atoms with van der Waals surface area (Å²) in [5.74, 6) is -2.04. The number of hydrogen-bond acceptors (Lipinski definition) is 5. The number of aliphatic hydroxyl groups is 1. The van der Waals surface area contributed by atoms with Gasteiger partial charge in [0, 0.05) is 17.7 Å². The number of amides is 1. The first-order valence-corrected chi connectivity index (χ1v) is 6.79. The lowest BCUT2D eigenvalue weighted by Crippen LogP contribution is -2.31. The van der Waals surface area contributed by atoms with Gasteiger partial charge in [-0.2, -0.15) is 18.2 Å². The Morgan fingerprint density at radius 3 is 2.52 bits per heavy atom. The normalized spacial score (nSPS) is 12.9. The zero-order valence-electron chi connectivity index (χ0n) is 12.1. The molecule has 6 nitrogen and oxygen atoms in total. The van der Waals surface area contributed by atoms with Crippen molar-refractivity contribution < 1.29 is 27.6 Å². The predicted octanol–water partition coefficient (Wildman–Crippen LogP) is 2.26. The number of halogens is 3. The molecule has 0 saturated carbocycles. The van der Waals surface area contributed by atoms with E-state index in [2.05, 4.69) is 20.0 Å². The van der Waals surface area contributed by atoms with E-state index in [1.807, 2.05) is 0 Å². The average molecular weight is 329 g/mol. The molecule has 0 aliphatic heterocycles. The minimum Gasteiger partial charge on any atom is -0.391 e. The number of alkyl halides is 3. The highest BCUT2D eigenvalue weighted by Crippen LogP contribution is 2.29. The van der Waals surface area contributed by atoms with Crippen molar-refractivity contribution in [3.05, 3.63) is 35.7 Å². The van der Waals surface area contributed by atoms with Gasteiger partial charge in [-0.05, 0) is 18.6 Å². The number of carbonyl (C=O) groups excluding carboxylic acids is 1. The first-order valence-electron chi connectivity index (χ1n) is 6.79. The van der Waals surface area contributed by atoms with Crippen molar-refractivity contribution in [2.24, 2.45) is 0 Å². The summed E-state index contributed by atoms with van der Waals surface area (Å²) in [6.07, 6.45) is -4.82. The average Bonchev–Trinajstić information content (AvgIpc) is 3.02. The van der Waals surface area contributed by atoms with E-state index in [0.717, 1.165) is 0 Å². The lowest BCUT2D eigenvalue weighted by Gasteiger charge is -2.09. The molecule has 0 aliphatic carbocycles. The summed E-state index contributed by atoms with van der Waals surface area (Å²) in [5, 5.41) is 15.2. The lowest BCUT2D eigenvalue weighted by molar-refractivity contribution is -0.159. The summed E-state index contributed by atoms with van der Waals surface area (Å²) in [4.78, 5) is 15.1. The Kier molecular flexibility index (Phi) is 4.99. The number of nitrogens with zero attached hydrogens (tertiary/aromatic N) is 2. The van der Waals surface area contributed by atoms with Gasteiger partial charge in [0.2, 0.25) is 5.82 Å². The molecule has 1 amide bonds. The quantitative estimate of drug-likeness (QED) is 0.878. The molecule has 0 fully saturated rings. The molecule has 0 bridgehead atoms. The second-order valence-corrected chi connectivity index (χ2v) is 4.77. The molecule has 1 heterocycles. The molecular weight excluding hydrogens is 315 g/mol. The van der Waals surface area contributed by atoms with Crippen molar-refractivity contribution >= 4 is 5.91 Å². The Morgan fingerprint density at radius 2 is 2.00 bits per heavy atom. The fourth-order valence-electron chi connectivity index (χ4n) is 1.68. The van der Waals surface area contributed by atoms with Crippen LogP contribution in [-0.2, 0) is 6.18 Å². The van der Waals surface area contributed by atoms with E-state index in [9.17, 15) is 23.1 Å². The van der Waals surface area contributed by atoms with Gasteiger partial charge in [0.25, 0.3) is 5.91 Å². The Morgan fingerprint density at radius 1 is 1.35 bits per heavy atom. The Balaban J connectivity index is 2.07. The van der Waals surface area contributed by atoms with Crippen LogP contribution in [0.5, 0.6) is 0 Å². The number of rotatable bonds is 5. The first-order chi connectivity index (χ1) is 10.8. The van der Waals surface area contributed by atoms with Crippen molar-refractivity contribution in [1.82, 2.24) is 15.5 Å². The van der Waals surface area contributed by atoms with E-state index in [1.54, 1.807) is 6.92 Å². The van der Waals surface area contributed by atoms with Gasteiger partial charge in [-0.15, -0.1) is 0 Å². The molecule has 124 valence electrons. The van der Waals surface area contributed by atoms with Gasteiger partial charge >= 0.3 is 12.1 Å². The minimum absolute atomic E-state index is 0.122. The zero-order valence-corrected chi connectivity index (χ0v) is 12.1. The fourth-order valence-corrected chi connectivity index (χ4v) is 1.68. The molecular formula is C14H14F3N3O3. The zero-order chi connectivity index (χ0) is 17.0. The lowest BCUT2D eigenvalue weighted by atomic mass is 10.1. The van der Waals surface area contributed by atoms with Gasteiger partial charge in [-0.1, -0.05) is 24.2 Å². The maximum absolute atomic E-state index is 12.4. The Labute approximate surface area is 129 Å². The Bertz CT molecular complexity index is 668. The maximum Gasteiger partial charge on any atom is 0.471 e. The molecule has 2 aromatic rings. The van der Waals surface area contributed by atoms with Crippen LogP contribution >= 0.6 is 0 Å². The number of aromatic nitrogens is 2. The largest absolute Gasteiger partial charge is 0.471 e. The molecule has 1 unspecified atom stereocenters. The van der Waals surface area contributed by atoms with Gasteiger partial charge in [0.05, 0.1) is 6.10 Å². The summed E-state index contributed by atoms with van der Waals surface area (Å²) in [6, 6.07) is 5.67. The number of benzene rings is 1. The molecule has 9 heteroatoms. The standard InChI is InChI=1S/C14H14F3N3O3/c1-2-10(21)7-18-12(22)9-5-3-8(4-6-9)11-19-13(23-20-11)14(15,16)17/h3-6,10,21H,2,7H2,1H3,(H,18,22). The molecule has 2 N–H and O–H groups in total. The smallest absolute Gasteiger partial charge is 0.391 e. The van der Waals surface area contributed by atoms with Crippen molar-refractivity contribution in [1.29, 1.82) is 0 Å². The van der Waals surface area contributed by atoms with E-state index in [-0.39, 0.29) is 17.9 Å². The highest BCUT2D eigenvalue weighted by molar-refractivity contribution is 5.94. The summed E-state index contributed by atoms with van der Waals surface area (Å²) in [6.45, 7) is 1.91. The Hall–Kier alpha value is -2.42. The number of hydrogen-bond donors (Lipinski definition) is 2. The van der Waals surface area contributed by atoms with Gasteiger partial charge in [0.1, 0.15) is 0 Å². The second-order valence-electron chi connectivity index (χ2n) is 4.77. The molecule has 1 aromatic carbocycles. The van der Waals surface area contributed by atoms with Crippen LogP contribution in [0.1, 0.15) is 29.6 Å².